The first-order valence-corrected chi connectivity index (χ1v) is 6.15. The summed E-state index contributed by atoms with van der Waals surface area (Å²) in [5.74, 6) is 0.778. The van der Waals surface area contributed by atoms with Crippen molar-refractivity contribution >= 4 is 5.91 Å². The molecule has 0 aliphatic carbocycles. The predicted octanol–water partition coefficient (Wildman–Crippen LogP) is 2.70. The van der Waals surface area contributed by atoms with Crippen LogP contribution < -0.4 is 5.32 Å². The lowest BCUT2D eigenvalue weighted by atomic mass is 10.1. The topological polar surface area (TPSA) is 42.2 Å². The van der Waals surface area contributed by atoms with Gasteiger partial charge in [0.05, 0.1) is 19.2 Å². The summed E-state index contributed by atoms with van der Waals surface area (Å²) in [5.41, 5.74) is 2.32. The highest BCUT2D eigenvalue weighted by Gasteiger charge is 2.04. The Morgan fingerprint density at radius 3 is 2.50 bits per heavy atom. The van der Waals surface area contributed by atoms with Crippen LogP contribution in [0.4, 0.5) is 0 Å². The molecule has 1 heterocycles. The number of hydrogen-bond donors (Lipinski definition) is 1. The van der Waals surface area contributed by atoms with Crippen LogP contribution in [-0.4, -0.2) is 5.91 Å². The maximum atomic E-state index is 11.7. The Balaban J connectivity index is 1.83. The summed E-state index contributed by atoms with van der Waals surface area (Å²) in [7, 11) is 0. The van der Waals surface area contributed by atoms with E-state index in [-0.39, 0.29) is 5.91 Å². The van der Waals surface area contributed by atoms with Crippen LogP contribution in [0.15, 0.2) is 47.1 Å². The van der Waals surface area contributed by atoms with Crippen molar-refractivity contribution in [3.8, 4) is 0 Å². The van der Waals surface area contributed by atoms with Crippen LogP contribution in [0, 0.1) is 0 Å². The van der Waals surface area contributed by atoms with Crippen LogP contribution in [0.2, 0.25) is 0 Å². The molecular formula is C15H17NO2. The molecule has 0 saturated heterocycles. The third kappa shape index (κ3) is 3.48. The van der Waals surface area contributed by atoms with Crippen molar-refractivity contribution < 1.29 is 9.21 Å². The molecule has 1 aromatic carbocycles. The van der Waals surface area contributed by atoms with Crippen molar-refractivity contribution in [3.05, 3.63) is 59.5 Å². The molecule has 0 saturated carbocycles. The number of furan rings is 1. The second-order valence-electron chi connectivity index (χ2n) is 4.20. The summed E-state index contributed by atoms with van der Waals surface area (Å²) >= 11 is 0. The summed E-state index contributed by atoms with van der Waals surface area (Å²) in [6.45, 7) is 2.56. The van der Waals surface area contributed by atoms with E-state index in [0.717, 1.165) is 17.7 Å². The fourth-order valence-electron chi connectivity index (χ4n) is 1.74. The van der Waals surface area contributed by atoms with Crippen LogP contribution in [-0.2, 0) is 24.2 Å². The first kappa shape index (κ1) is 12.4. The number of rotatable bonds is 5. The van der Waals surface area contributed by atoms with E-state index in [1.807, 2.05) is 24.3 Å². The van der Waals surface area contributed by atoms with Crippen LogP contribution in [0.3, 0.4) is 0 Å². The fourth-order valence-corrected chi connectivity index (χ4v) is 1.74. The Hall–Kier alpha value is -2.03. The molecule has 1 N–H and O–H groups in total. The fraction of sp³-hybridized carbons (Fsp3) is 0.267. The summed E-state index contributed by atoms with van der Waals surface area (Å²) in [4.78, 5) is 11.7. The Labute approximate surface area is 107 Å². The molecule has 0 bridgehead atoms. The first-order valence-electron chi connectivity index (χ1n) is 6.15. The SMILES string of the molecule is CCc1ccc(CC(=O)NCc2ccco2)cc1. The zero-order valence-corrected chi connectivity index (χ0v) is 10.5. The number of carbonyl (C=O) groups is 1. The van der Waals surface area contributed by atoms with Gasteiger partial charge in [0.2, 0.25) is 5.91 Å². The Bertz CT molecular complexity index is 486. The van der Waals surface area contributed by atoms with Crippen molar-refractivity contribution in [2.75, 3.05) is 0 Å². The second kappa shape index (κ2) is 6.05. The molecule has 0 aliphatic rings. The lowest BCUT2D eigenvalue weighted by Gasteiger charge is -2.04. The van der Waals surface area contributed by atoms with E-state index in [0.29, 0.717) is 13.0 Å². The van der Waals surface area contributed by atoms with E-state index in [1.165, 1.54) is 5.56 Å². The van der Waals surface area contributed by atoms with E-state index in [9.17, 15) is 4.79 Å². The molecule has 0 aliphatic heterocycles. The average molecular weight is 243 g/mol. The highest BCUT2D eigenvalue weighted by atomic mass is 16.3. The first-order chi connectivity index (χ1) is 8.78. The van der Waals surface area contributed by atoms with Gasteiger partial charge in [0, 0.05) is 0 Å². The normalized spacial score (nSPS) is 10.3. The molecule has 0 radical (unpaired) electrons. The van der Waals surface area contributed by atoms with Gasteiger partial charge in [-0.25, -0.2) is 0 Å². The van der Waals surface area contributed by atoms with Crippen LogP contribution >= 0.6 is 0 Å². The summed E-state index contributed by atoms with van der Waals surface area (Å²) in [6, 6.07) is 11.8. The molecule has 1 aromatic heterocycles. The minimum absolute atomic E-state index is 0.00986. The van der Waals surface area contributed by atoms with E-state index < -0.39 is 0 Å². The molecule has 18 heavy (non-hydrogen) atoms. The standard InChI is InChI=1S/C15H17NO2/c1-2-12-5-7-13(8-6-12)10-15(17)16-11-14-4-3-9-18-14/h3-9H,2,10-11H2,1H3,(H,16,17). The Kier molecular flexibility index (Phi) is 4.18. The lowest BCUT2D eigenvalue weighted by Crippen LogP contribution is -2.24. The summed E-state index contributed by atoms with van der Waals surface area (Å²) < 4.78 is 5.15. The van der Waals surface area contributed by atoms with Gasteiger partial charge in [-0.2, -0.15) is 0 Å². The number of aryl methyl sites for hydroxylation is 1. The van der Waals surface area contributed by atoms with Gasteiger partial charge >= 0.3 is 0 Å². The van der Waals surface area contributed by atoms with Crippen LogP contribution in [0.25, 0.3) is 0 Å². The van der Waals surface area contributed by atoms with Crippen molar-refractivity contribution in [2.45, 2.75) is 26.3 Å². The number of hydrogen-bond acceptors (Lipinski definition) is 2. The smallest absolute Gasteiger partial charge is 0.224 e. The maximum Gasteiger partial charge on any atom is 0.224 e. The zero-order chi connectivity index (χ0) is 12.8. The molecular weight excluding hydrogens is 226 g/mol. The van der Waals surface area contributed by atoms with Gasteiger partial charge in [0.1, 0.15) is 5.76 Å². The largest absolute Gasteiger partial charge is 0.467 e. The van der Waals surface area contributed by atoms with Gasteiger partial charge < -0.3 is 9.73 Å². The second-order valence-corrected chi connectivity index (χ2v) is 4.20. The van der Waals surface area contributed by atoms with Gasteiger partial charge in [0.15, 0.2) is 0 Å². The molecule has 0 atom stereocenters. The monoisotopic (exact) mass is 243 g/mol. The third-order valence-electron chi connectivity index (χ3n) is 2.84. The van der Waals surface area contributed by atoms with Gasteiger partial charge in [-0.1, -0.05) is 31.2 Å². The number of amides is 1. The van der Waals surface area contributed by atoms with E-state index >= 15 is 0 Å². The quantitative estimate of drug-likeness (QED) is 0.877. The zero-order valence-electron chi connectivity index (χ0n) is 10.5. The number of benzene rings is 1. The van der Waals surface area contributed by atoms with Crippen LogP contribution in [0.5, 0.6) is 0 Å². The predicted molar refractivity (Wildman–Crippen MR) is 70.1 cm³/mol. The molecule has 0 fully saturated rings. The summed E-state index contributed by atoms with van der Waals surface area (Å²) in [6.07, 6.45) is 3.03. The van der Waals surface area contributed by atoms with E-state index in [2.05, 4.69) is 24.4 Å². The summed E-state index contributed by atoms with van der Waals surface area (Å²) in [5, 5.41) is 2.83. The molecule has 2 rings (SSSR count). The van der Waals surface area contributed by atoms with Crippen molar-refractivity contribution in [3.63, 3.8) is 0 Å². The number of carbonyl (C=O) groups excluding carboxylic acids is 1. The van der Waals surface area contributed by atoms with Gasteiger partial charge in [-0.3, -0.25) is 4.79 Å². The molecule has 3 heteroatoms. The molecule has 3 nitrogen and oxygen atoms in total. The van der Waals surface area contributed by atoms with Gasteiger partial charge in [-0.05, 0) is 29.7 Å². The third-order valence-corrected chi connectivity index (χ3v) is 2.84. The van der Waals surface area contributed by atoms with E-state index in [1.54, 1.807) is 6.26 Å². The van der Waals surface area contributed by atoms with Crippen molar-refractivity contribution in [1.29, 1.82) is 0 Å². The van der Waals surface area contributed by atoms with Crippen molar-refractivity contribution in [2.24, 2.45) is 0 Å². The van der Waals surface area contributed by atoms with Crippen molar-refractivity contribution in [1.82, 2.24) is 5.32 Å². The minimum Gasteiger partial charge on any atom is -0.467 e. The van der Waals surface area contributed by atoms with E-state index in [4.69, 9.17) is 4.42 Å². The van der Waals surface area contributed by atoms with Gasteiger partial charge in [-0.15, -0.1) is 0 Å². The average Bonchev–Trinajstić information content (AvgIpc) is 2.90. The minimum atomic E-state index is 0.00986. The lowest BCUT2D eigenvalue weighted by molar-refractivity contribution is -0.120. The highest BCUT2D eigenvalue weighted by molar-refractivity contribution is 5.78. The van der Waals surface area contributed by atoms with Gasteiger partial charge in [0.25, 0.3) is 0 Å². The van der Waals surface area contributed by atoms with Crippen LogP contribution in [0.1, 0.15) is 23.8 Å². The number of nitrogens with one attached hydrogen (secondary N) is 1. The highest BCUT2D eigenvalue weighted by Crippen LogP contribution is 2.06. The molecule has 94 valence electrons. The molecule has 0 unspecified atom stereocenters. The maximum absolute atomic E-state index is 11.7. The Morgan fingerprint density at radius 1 is 1.17 bits per heavy atom. The molecule has 2 aromatic rings. The molecule has 1 amide bonds. The molecule has 0 spiro atoms. The Morgan fingerprint density at radius 2 is 1.89 bits per heavy atom.